The molecule has 31 heavy (non-hydrogen) atoms. The zero-order valence-corrected chi connectivity index (χ0v) is 19.5. The van der Waals surface area contributed by atoms with Crippen molar-refractivity contribution in [1.29, 1.82) is 0 Å². The number of ether oxygens (including phenoxy) is 2. The van der Waals surface area contributed by atoms with E-state index in [-0.39, 0.29) is 11.7 Å². The number of carbonyl (C=O) groups excluding carboxylic acids is 1. The Kier molecular flexibility index (Phi) is 6.93. The quantitative estimate of drug-likeness (QED) is 0.398. The van der Waals surface area contributed by atoms with Gasteiger partial charge in [0.15, 0.2) is 5.78 Å². The molecule has 4 rings (SSSR count). The van der Waals surface area contributed by atoms with E-state index >= 15 is 0 Å². The standard InChI is InChI=1S/C26H31NO3S/c1-18(2)26-24(22-12-11-21(29-3)17-23(22)31-26)25(28)19-7-9-20(10-8-19)30-16-15-27-13-5-4-6-14-27/h7-12,17-18H,4-6,13-16H2,1-3H3. The number of thiophene rings is 1. The fraction of sp³-hybridized carbons (Fsp3) is 0.423. The maximum atomic E-state index is 13.5. The molecule has 0 aliphatic carbocycles. The Morgan fingerprint density at radius 3 is 2.42 bits per heavy atom. The highest BCUT2D eigenvalue weighted by Crippen LogP contribution is 2.39. The summed E-state index contributed by atoms with van der Waals surface area (Å²) in [6, 6.07) is 13.5. The minimum Gasteiger partial charge on any atom is -0.497 e. The molecule has 3 aromatic rings. The number of methoxy groups -OCH3 is 1. The topological polar surface area (TPSA) is 38.8 Å². The van der Waals surface area contributed by atoms with Gasteiger partial charge >= 0.3 is 0 Å². The van der Waals surface area contributed by atoms with Crippen molar-refractivity contribution in [2.45, 2.75) is 39.0 Å². The van der Waals surface area contributed by atoms with Gasteiger partial charge in [-0.1, -0.05) is 20.3 Å². The van der Waals surface area contributed by atoms with Gasteiger partial charge in [-0.2, -0.15) is 0 Å². The predicted octanol–water partition coefficient (Wildman–Crippen LogP) is 6.13. The zero-order valence-electron chi connectivity index (χ0n) is 18.6. The number of piperidine rings is 1. The minimum atomic E-state index is 0.0694. The molecular formula is C26H31NO3S. The number of ketones is 1. The Hall–Kier alpha value is -2.37. The first-order valence-electron chi connectivity index (χ1n) is 11.2. The molecule has 5 heteroatoms. The van der Waals surface area contributed by atoms with Crippen LogP contribution >= 0.6 is 11.3 Å². The van der Waals surface area contributed by atoms with E-state index in [9.17, 15) is 4.79 Å². The maximum Gasteiger partial charge on any atom is 0.194 e. The van der Waals surface area contributed by atoms with Gasteiger partial charge in [0.1, 0.15) is 18.1 Å². The molecule has 2 aromatic carbocycles. The van der Waals surface area contributed by atoms with Crippen molar-refractivity contribution in [2.75, 3.05) is 33.4 Å². The van der Waals surface area contributed by atoms with Gasteiger partial charge in [0.2, 0.25) is 0 Å². The van der Waals surface area contributed by atoms with Crippen LogP contribution in [0.15, 0.2) is 42.5 Å². The molecule has 0 spiro atoms. The summed E-state index contributed by atoms with van der Waals surface area (Å²) in [7, 11) is 1.67. The maximum absolute atomic E-state index is 13.5. The minimum absolute atomic E-state index is 0.0694. The molecule has 0 amide bonds. The van der Waals surface area contributed by atoms with E-state index in [1.807, 2.05) is 42.5 Å². The van der Waals surface area contributed by atoms with Gasteiger partial charge in [-0.25, -0.2) is 0 Å². The molecule has 1 aromatic heterocycles. The molecule has 164 valence electrons. The number of hydrogen-bond acceptors (Lipinski definition) is 5. The lowest BCUT2D eigenvalue weighted by Crippen LogP contribution is -2.33. The summed E-state index contributed by atoms with van der Waals surface area (Å²) < 4.78 is 12.4. The van der Waals surface area contributed by atoms with Crippen molar-refractivity contribution in [3.63, 3.8) is 0 Å². The van der Waals surface area contributed by atoms with Crippen molar-refractivity contribution >= 4 is 27.2 Å². The van der Waals surface area contributed by atoms with Crippen molar-refractivity contribution in [2.24, 2.45) is 0 Å². The van der Waals surface area contributed by atoms with Crippen LogP contribution in [0.4, 0.5) is 0 Å². The van der Waals surface area contributed by atoms with Gasteiger partial charge < -0.3 is 9.47 Å². The smallest absolute Gasteiger partial charge is 0.194 e. The Morgan fingerprint density at radius 2 is 1.74 bits per heavy atom. The second-order valence-electron chi connectivity index (χ2n) is 8.46. The molecule has 0 N–H and O–H groups in total. The van der Waals surface area contributed by atoms with Crippen LogP contribution in [0.3, 0.4) is 0 Å². The number of carbonyl (C=O) groups is 1. The summed E-state index contributed by atoms with van der Waals surface area (Å²) in [5, 5.41) is 1.00. The molecule has 0 saturated carbocycles. The Bertz CT molecular complexity index is 1030. The van der Waals surface area contributed by atoms with Gasteiger partial charge in [0, 0.05) is 32.6 Å². The molecule has 2 heterocycles. The Morgan fingerprint density at radius 1 is 1.03 bits per heavy atom. The van der Waals surface area contributed by atoms with Crippen LogP contribution in [0.5, 0.6) is 11.5 Å². The second kappa shape index (κ2) is 9.84. The van der Waals surface area contributed by atoms with Crippen LogP contribution in [-0.2, 0) is 0 Å². The monoisotopic (exact) mass is 437 g/mol. The SMILES string of the molecule is COc1ccc2c(C(=O)c3ccc(OCCN4CCCCC4)cc3)c(C(C)C)sc2c1. The summed E-state index contributed by atoms with van der Waals surface area (Å²) in [5.74, 6) is 1.98. The highest BCUT2D eigenvalue weighted by molar-refractivity contribution is 7.19. The third-order valence-corrected chi connectivity index (χ3v) is 7.37. The van der Waals surface area contributed by atoms with E-state index in [0.717, 1.165) is 38.6 Å². The Balaban J connectivity index is 1.50. The van der Waals surface area contributed by atoms with Gasteiger partial charge in [-0.15, -0.1) is 11.3 Å². The van der Waals surface area contributed by atoms with Gasteiger partial charge in [-0.3, -0.25) is 9.69 Å². The normalized spacial score (nSPS) is 14.8. The molecule has 1 aliphatic rings. The highest BCUT2D eigenvalue weighted by Gasteiger charge is 2.22. The van der Waals surface area contributed by atoms with Crippen LogP contribution in [-0.4, -0.2) is 44.0 Å². The summed E-state index contributed by atoms with van der Waals surface area (Å²) in [5.41, 5.74) is 1.51. The zero-order chi connectivity index (χ0) is 21.8. The van der Waals surface area contributed by atoms with E-state index in [1.54, 1.807) is 18.4 Å². The molecule has 0 bridgehead atoms. The molecule has 1 aliphatic heterocycles. The first-order valence-corrected chi connectivity index (χ1v) is 12.0. The largest absolute Gasteiger partial charge is 0.497 e. The van der Waals surface area contributed by atoms with E-state index in [4.69, 9.17) is 9.47 Å². The number of likely N-dealkylation sites (tertiary alicyclic amines) is 1. The van der Waals surface area contributed by atoms with E-state index in [2.05, 4.69) is 18.7 Å². The fourth-order valence-corrected chi connectivity index (χ4v) is 5.42. The van der Waals surface area contributed by atoms with Gasteiger partial charge in [-0.05, 0) is 74.3 Å². The summed E-state index contributed by atoms with van der Waals surface area (Å²) in [6.45, 7) is 8.27. The Labute approximate surface area is 188 Å². The molecule has 0 radical (unpaired) electrons. The van der Waals surface area contributed by atoms with Crippen LogP contribution < -0.4 is 9.47 Å². The molecule has 4 nitrogen and oxygen atoms in total. The van der Waals surface area contributed by atoms with Crippen LogP contribution in [0.2, 0.25) is 0 Å². The number of hydrogen-bond donors (Lipinski definition) is 0. The summed E-state index contributed by atoms with van der Waals surface area (Å²) in [4.78, 5) is 17.0. The number of fused-ring (bicyclic) bond motifs is 1. The van der Waals surface area contributed by atoms with E-state index < -0.39 is 0 Å². The predicted molar refractivity (Wildman–Crippen MR) is 128 cm³/mol. The number of rotatable bonds is 8. The fourth-order valence-electron chi connectivity index (χ4n) is 4.19. The summed E-state index contributed by atoms with van der Waals surface area (Å²) >= 11 is 1.68. The number of benzene rings is 2. The summed E-state index contributed by atoms with van der Waals surface area (Å²) in [6.07, 6.45) is 3.93. The lowest BCUT2D eigenvalue weighted by Gasteiger charge is -2.26. The average molecular weight is 438 g/mol. The van der Waals surface area contributed by atoms with Crippen molar-refractivity contribution in [3.05, 3.63) is 58.5 Å². The van der Waals surface area contributed by atoms with Gasteiger partial charge in [0.05, 0.1) is 7.11 Å². The lowest BCUT2D eigenvalue weighted by atomic mass is 9.96. The average Bonchev–Trinajstić information content (AvgIpc) is 3.19. The second-order valence-corrected chi connectivity index (χ2v) is 9.55. The third-order valence-electron chi connectivity index (χ3n) is 5.92. The van der Waals surface area contributed by atoms with Crippen molar-refractivity contribution in [1.82, 2.24) is 4.90 Å². The number of nitrogens with zero attached hydrogens (tertiary/aromatic N) is 1. The molecular weight excluding hydrogens is 406 g/mol. The van der Waals surface area contributed by atoms with E-state index in [1.165, 1.54) is 32.4 Å². The van der Waals surface area contributed by atoms with Crippen molar-refractivity contribution in [3.8, 4) is 11.5 Å². The molecule has 1 fully saturated rings. The molecule has 1 saturated heterocycles. The highest BCUT2D eigenvalue weighted by atomic mass is 32.1. The third kappa shape index (κ3) is 4.94. The van der Waals surface area contributed by atoms with Gasteiger partial charge in [0.25, 0.3) is 0 Å². The van der Waals surface area contributed by atoms with Crippen molar-refractivity contribution < 1.29 is 14.3 Å². The first kappa shape index (κ1) is 21.8. The first-order chi connectivity index (χ1) is 15.1. The van der Waals surface area contributed by atoms with Crippen LogP contribution in [0, 0.1) is 0 Å². The van der Waals surface area contributed by atoms with Crippen LogP contribution in [0.1, 0.15) is 59.8 Å². The molecule has 0 atom stereocenters. The lowest BCUT2D eigenvalue weighted by molar-refractivity contribution is 0.103. The van der Waals surface area contributed by atoms with Crippen LogP contribution in [0.25, 0.3) is 10.1 Å². The van der Waals surface area contributed by atoms with E-state index in [0.29, 0.717) is 12.2 Å². The molecule has 0 unspecified atom stereocenters.